The molecule has 0 unspecified atom stereocenters. The van der Waals surface area contributed by atoms with Crippen LogP contribution in [0.25, 0.3) is 0 Å². The fraction of sp³-hybridized carbons (Fsp3) is 0.542. The molecule has 1 aromatic heterocycles. The minimum absolute atomic E-state index is 0.0734. The predicted octanol–water partition coefficient (Wildman–Crippen LogP) is 4.57. The third kappa shape index (κ3) is 4.07. The summed E-state index contributed by atoms with van der Waals surface area (Å²) in [5, 5.41) is 3.43. The average Bonchev–Trinajstić information content (AvgIpc) is 2.69. The quantitative estimate of drug-likeness (QED) is 0.527. The molecule has 4 aliphatic rings. The number of carbonyl (C=O) groups excluding carboxylic acids is 1. The number of aromatic amines is 1. The summed E-state index contributed by atoms with van der Waals surface area (Å²) in [6.07, 6.45) is 9.06. The van der Waals surface area contributed by atoms with Gasteiger partial charge in [-0.2, -0.15) is 0 Å². The van der Waals surface area contributed by atoms with E-state index in [1.54, 1.807) is 0 Å². The molecule has 0 spiro atoms. The van der Waals surface area contributed by atoms with Crippen LogP contribution in [0.15, 0.2) is 40.3 Å². The Morgan fingerprint density at radius 1 is 1.13 bits per heavy atom. The highest BCUT2D eigenvalue weighted by atomic mass is 32.2. The number of carbonyl (C=O) groups is 1. The number of aromatic nitrogens is 2. The van der Waals surface area contributed by atoms with Gasteiger partial charge in [0.15, 0.2) is 5.16 Å². The Kier molecular flexibility index (Phi) is 5.21. The third-order valence-electron chi connectivity index (χ3n) is 7.34. The van der Waals surface area contributed by atoms with Crippen LogP contribution in [0.1, 0.15) is 49.8 Å². The first-order chi connectivity index (χ1) is 14.5. The summed E-state index contributed by atoms with van der Waals surface area (Å²) in [5.74, 6) is 2.77. The van der Waals surface area contributed by atoms with E-state index in [1.165, 1.54) is 50.3 Å². The zero-order chi connectivity index (χ0) is 20.7. The van der Waals surface area contributed by atoms with Gasteiger partial charge in [0.2, 0.25) is 5.91 Å². The van der Waals surface area contributed by atoms with Crippen molar-refractivity contribution >= 4 is 23.4 Å². The smallest absolute Gasteiger partial charge is 0.254 e. The molecule has 1 heterocycles. The molecule has 4 bridgehead atoms. The minimum Gasteiger partial charge on any atom is -0.325 e. The lowest BCUT2D eigenvalue weighted by atomic mass is 9.48. The molecule has 1 amide bonds. The largest absolute Gasteiger partial charge is 0.325 e. The summed E-state index contributed by atoms with van der Waals surface area (Å²) in [6.45, 7) is 1.89. The predicted molar refractivity (Wildman–Crippen MR) is 120 cm³/mol. The number of H-pyrrole nitrogens is 1. The van der Waals surface area contributed by atoms with Gasteiger partial charge >= 0.3 is 0 Å². The molecule has 30 heavy (non-hydrogen) atoms. The Morgan fingerprint density at radius 3 is 2.40 bits per heavy atom. The van der Waals surface area contributed by atoms with Crippen LogP contribution in [-0.2, 0) is 11.2 Å². The summed E-state index contributed by atoms with van der Waals surface area (Å²) < 4.78 is 0. The van der Waals surface area contributed by atoms with Gasteiger partial charge in [-0.3, -0.25) is 9.59 Å². The molecule has 0 saturated heterocycles. The fourth-order valence-electron chi connectivity index (χ4n) is 6.51. The number of hydrogen-bond donors (Lipinski definition) is 2. The highest BCUT2D eigenvalue weighted by Crippen LogP contribution is 2.61. The van der Waals surface area contributed by atoms with E-state index in [0.717, 1.165) is 41.1 Å². The van der Waals surface area contributed by atoms with Crippen molar-refractivity contribution in [2.24, 2.45) is 23.2 Å². The Hall–Kier alpha value is -2.08. The number of anilines is 1. The first kappa shape index (κ1) is 19.9. The van der Waals surface area contributed by atoms with Crippen molar-refractivity contribution in [3.63, 3.8) is 0 Å². The number of thioether (sulfide) groups is 1. The number of rotatable bonds is 6. The highest BCUT2D eigenvalue weighted by Gasteiger charge is 2.51. The summed E-state index contributed by atoms with van der Waals surface area (Å²) in [5.41, 5.74) is 2.72. The van der Waals surface area contributed by atoms with Crippen molar-refractivity contribution in [3.05, 3.63) is 51.9 Å². The second-order valence-electron chi connectivity index (χ2n) is 9.74. The van der Waals surface area contributed by atoms with Gasteiger partial charge in [-0.15, -0.1) is 0 Å². The lowest BCUT2D eigenvalue weighted by Gasteiger charge is -2.57. The summed E-state index contributed by atoms with van der Waals surface area (Å²) in [7, 11) is 0. The van der Waals surface area contributed by atoms with Gasteiger partial charge in [-0.1, -0.05) is 30.0 Å². The molecule has 4 fully saturated rings. The monoisotopic (exact) mass is 423 g/mol. The van der Waals surface area contributed by atoms with Crippen LogP contribution in [0.3, 0.4) is 0 Å². The van der Waals surface area contributed by atoms with E-state index in [2.05, 4.69) is 10.3 Å². The van der Waals surface area contributed by atoms with Gasteiger partial charge in [-0.05, 0) is 87.2 Å². The van der Waals surface area contributed by atoms with Crippen molar-refractivity contribution in [3.8, 4) is 0 Å². The SMILES string of the molecule is Cc1c(CC23CC4CC(CC(C4)C2)C3)nc(SCC(=O)Nc2ccccc2)[nH]c1=O. The maximum atomic E-state index is 12.6. The Bertz CT molecular complexity index is 966. The minimum atomic E-state index is -0.0999. The number of hydrogen-bond acceptors (Lipinski definition) is 4. The molecule has 0 aliphatic heterocycles. The second-order valence-corrected chi connectivity index (χ2v) is 10.7. The Morgan fingerprint density at radius 2 is 1.77 bits per heavy atom. The van der Waals surface area contributed by atoms with Crippen LogP contribution in [0, 0.1) is 30.1 Å². The summed E-state index contributed by atoms with van der Waals surface area (Å²) in [6, 6.07) is 9.41. The molecule has 2 aromatic rings. The average molecular weight is 424 g/mol. The lowest BCUT2D eigenvalue weighted by molar-refractivity contribution is -0.113. The first-order valence-electron chi connectivity index (χ1n) is 11.1. The highest BCUT2D eigenvalue weighted by molar-refractivity contribution is 7.99. The van der Waals surface area contributed by atoms with Crippen LogP contribution in [0.5, 0.6) is 0 Å². The molecule has 5 nitrogen and oxygen atoms in total. The number of para-hydroxylation sites is 1. The van der Waals surface area contributed by atoms with Gasteiger partial charge in [0, 0.05) is 11.3 Å². The molecule has 6 heteroatoms. The Labute approximate surface area is 181 Å². The van der Waals surface area contributed by atoms with Gasteiger partial charge in [-0.25, -0.2) is 4.98 Å². The second kappa shape index (κ2) is 7.88. The molecular formula is C24H29N3O2S. The maximum absolute atomic E-state index is 12.6. The molecule has 2 N–H and O–H groups in total. The number of benzene rings is 1. The van der Waals surface area contributed by atoms with E-state index in [4.69, 9.17) is 4.98 Å². The molecule has 0 radical (unpaired) electrons. The van der Waals surface area contributed by atoms with Crippen LogP contribution >= 0.6 is 11.8 Å². The van der Waals surface area contributed by atoms with E-state index < -0.39 is 0 Å². The summed E-state index contributed by atoms with van der Waals surface area (Å²) >= 11 is 1.30. The van der Waals surface area contributed by atoms with Crippen LogP contribution < -0.4 is 10.9 Å². The van der Waals surface area contributed by atoms with Gasteiger partial charge in [0.25, 0.3) is 5.56 Å². The third-order valence-corrected chi connectivity index (χ3v) is 8.21. The van der Waals surface area contributed by atoms with E-state index in [9.17, 15) is 9.59 Å². The standard InChI is InChI=1S/C24H29N3O2S/c1-15-20(13-24-10-16-7-17(11-24)9-18(8-16)12-24)26-23(27-22(15)29)30-14-21(28)25-19-5-3-2-4-6-19/h2-6,16-18H,7-14H2,1H3,(H,25,28)(H,26,27,29). The molecule has 4 aliphatic carbocycles. The molecule has 158 valence electrons. The molecule has 1 aromatic carbocycles. The maximum Gasteiger partial charge on any atom is 0.254 e. The first-order valence-corrected chi connectivity index (χ1v) is 12.0. The molecule has 6 rings (SSSR count). The molecule has 4 saturated carbocycles. The van der Waals surface area contributed by atoms with Crippen LogP contribution in [-0.4, -0.2) is 21.6 Å². The van der Waals surface area contributed by atoms with Crippen molar-refractivity contribution in [2.75, 3.05) is 11.1 Å². The van der Waals surface area contributed by atoms with Crippen molar-refractivity contribution in [1.82, 2.24) is 9.97 Å². The Balaban J connectivity index is 1.29. The van der Waals surface area contributed by atoms with Crippen LogP contribution in [0.4, 0.5) is 5.69 Å². The van der Waals surface area contributed by atoms with E-state index in [0.29, 0.717) is 10.6 Å². The summed E-state index contributed by atoms with van der Waals surface area (Å²) in [4.78, 5) is 32.5. The van der Waals surface area contributed by atoms with Gasteiger partial charge in [0.1, 0.15) is 0 Å². The van der Waals surface area contributed by atoms with Crippen molar-refractivity contribution < 1.29 is 4.79 Å². The van der Waals surface area contributed by atoms with Gasteiger partial charge in [0.05, 0.1) is 11.4 Å². The van der Waals surface area contributed by atoms with Gasteiger partial charge < -0.3 is 10.3 Å². The normalized spacial score (nSPS) is 29.2. The van der Waals surface area contributed by atoms with E-state index in [1.807, 2.05) is 37.3 Å². The zero-order valence-corrected chi connectivity index (χ0v) is 18.3. The molecule has 0 atom stereocenters. The van der Waals surface area contributed by atoms with Crippen molar-refractivity contribution in [1.29, 1.82) is 0 Å². The van der Waals surface area contributed by atoms with Crippen LogP contribution in [0.2, 0.25) is 0 Å². The number of amides is 1. The zero-order valence-electron chi connectivity index (χ0n) is 17.4. The van der Waals surface area contributed by atoms with E-state index >= 15 is 0 Å². The fourth-order valence-corrected chi connectivity index (χ4v) is 7.19. The molecular weight excluding hydrogens is 394 g/mol. The number of nitrogens with zero attached hydrogens (tertiary/aromatic N) is 1. The topological polar surface area (TPSA) is 74.8 Å². The lowest BCUT2D eigenvalue weighted by Crippen LogP contribution is -2.47. The van der Waals surface area contributed by atoms with Crippen molar-refractivity contribution in [2.45, 2.75) is 57.0 Å². The number of nitrogens with one attached hydrogen (secondary N) is 2. The van der Waals surface area contributed by atoms with E-state index in [-0.39, 0.29) is 17.2 Å².